The van der Waals surface area contributed by atoms with Crippen LogP contribution >= 0.6 is 11.6 Å². The minimum Gasteiger partial charge on any atom is -0.397 e. The number of anilines is 2. The highest BCUT2D eigenvalue weighted by molar-refractivity contribution is 7.92. The summed E-state index contributed by atoms with van der Waals surface area (Å²) in [6, 6.07) is 4.77. The van der Waals surface area contributed by atoms with E-state index in [4.69, 9.17) is 17.3 Å². The number of nitrogen functional groups attached to an aromatic ring is 1. The van der Waals surface area contributed by atoms with E-state index in [0.717, 1.165) is 0 Å². The summed E-state index contributed by atoms with van der Waals surface area (Å²) < 4.78 is 25.3. The fourth-order valence-electron chi connectivity index (χ4n) is 1.47. The lowest BCUT2D eigenvalue weighted by atomic mass is 10.3. The van der Waals surface area contributed by atoms with E-state index < -0.39 is 10.0 Å². The molecule has 0 aliphatic rings. The van der Waals surface area contributed by atoms with E-state index in [2.05, 4.69) is 0 Å². The highest BCUT2D eigenvalue weighted by atomic mass is 35.5. The summed E-state index contributed by atoms with van der Waals surface area (Å²) in [6.07, 6.45) is 0. The Morgan fingerprint density at radius 2 is 2.00 bits per heavy atom. The maximum absolute atomic E-state index is 12.0. The minimum absolute atomic E-state index is 0.0582. The Labute approximate surface area is 107 Å². The molecule has 1 aromatic carbocycles. The normalized spacial score (nSPS) is 11.8. The summed E-state index contributed by atoms with van der Waals surface area (Å²) in [5, 5.41) is 0.459. The van der Waals surface area contributed by atoms with Crippen molar-refractivity contribution in [3.8, 4) is 0 Å². The number of hydrogen-bond donors (Lipinski definition) is 1. The number of hydrogen-bond acceptors (Lipinski definition) is 3. The van der Waals surface area contributed by atoms with Crippen molar-refractivity contribution in [1.29, 1.82) is 0 Å². The Morgan fingerprint density at radius 1 is 1.41 bits per heavy atom. The zero-order chi connectivity index (χ0) is 13.2. The third-order valence-electron chi connectivity index (χ3n) is 2.29. The van der Waals surface area contributed by atoms with Crippen molar-refractivity contribution in [2.45, 2.75) is 13.8 Å². The second kappa shape index (κ2) is 5.14. The van der Waals surface area contributed by atoms with Crippen LogP contribution in [0.4, 0.5) is 11.4 Å². The van der Waals surface area contributed by atoms with Crippen LogP contribution in [0.3, 0.4) is 0 Å². The van der Waals surface area contributed by atoms with Gasteiger partial charge in [-0.05, 0) is 24.1 Å². The topological polar surface area (TPSA) is 63.4 Å². The SMILES string of the molecule is CC(C)CS(=O)(=O)N(C)c1cc(Cl)ccc1N. The lowest BCUT2D eigenvalue weighted by molar-refractivity contribution is 0.580. The van der Waals surface area contributed by atoms with Gasteiger partial charge in [0.1, 0.15) is 0 Å². The largest absolute Gasteiger partial charge is 0.397 e. The van der Waals surface area contributed by atoms with Gasteiger partial charge in [-0.25, -0.2) is 8.42 Å². The molecule has 96 valence electrons. The van der Waals surface area contributed by atoms with Crippen LogP contribution in [0, 0.1) is 5.92 Å². The van der Waals surface area contributed by atoms with E-state index in [9.17, 15) is 8.42 Å². The molecule has 2 N–H and O–H groups in total. The molecule has 0 saturated carbocycles. The molecule has 1 aromatic rings. The van der Waals surface area contributed by atoms with Crippen LogP contribution in [-0.2, 0) is 10.0 Å². The van der Waals surface area contributed by atoms with Crippen LogP contribution in [0.2, 0.25) is 5.02 Å². The monoisotopic (exact) mass is 276 g/mol. The molecule has 1 rings (SSSR count). The molecule has 0 unspecified atom stereocenters. The van der Waals surface area contributed by atoms with E-state index >= 15 is 0 Å². The highest BCUT2D eigenvalue weighted by Crippen LogP contribution is 2.28. The maximum Gasteiger partial charge on any atom is 0.235 e. The third kappa shape index (κ3) is 3.51. The summed E-state index contributed by atoms with van der Waals surface area (Å²) in [7, 11) is -1.87. The zero-order valence-corrected chi connectivity index (χ0v) is 11.7. The van der Waals surface area contributed by atoms with E-state index in [-0.39, 0.29) is 11.7 Å². The predicted octanol–water partition coefficient (Wildman–Crippen LogP) is 2.34. The van der Waals surface area contributed by atoms with Gasteiger partial charge < -0.3 is 5.73 Å². The van der Waals surface area contributed by atoms with Gasteiger partial charge in [-0.3, -0.25) is 4.31 Å². The summed E-state index contributed by atoms with van der Waals surface area (Å²) in [5.74, 6) is 0.137. The van der Waals surface area contributed by atoms with Crippen LogP contribution in [0.25, 0.3) is 0 Å². The fourth-order valence-corrected chi connectivity index (χ4v) is 3.16. The smallest absolute Gasteiger partial charge is 0.235 e. The number of benzene rings is 1. The maximum atomic E-state index is 12.0. The van der Waals surface area contributed by atoms with Crippen molar-refractivity contribution in [2.75, 3.05) is 22.8 Å². The standard InChI is InChI=1S/C11H17ClN2O2S/c1-8(2)7-17(15,16)14(3)11-6-9(12)4-5-10(11)13/h4-6,8H,7,13H2,1-3H3. The quantitative estimate of drug-likeness (QED) is 0.859. The molecule has 0 amide bonds. The molecular formula is C11H17ClN2O2S. The van der Waals surface area contributed by atoms with Crippen molar-refractivity contribution in [3.05, 3.63) is 23.2 Å². The molecule has 0 radical (unpaired) electrons. The average Bonchev–Trinajstić information content (AvgIpc) is 2.18. The molecular weight excluding hydrogens is 260 g/mol. The molecule has 4 nitrogen and oxygen atoms in total. The molecule has 0 fully saturated rings. The number of halogens is 1. The summed E-state index contributed by atoms with van der Waals surface area (Å²) in [4.78, 5) is 0. The van der Waals surface area contributed by atoms with Gasteiger partial charge in [0, 0.05) is 12.1 Å². The number of rotatable bonds is 4. The highest BCUT2D eigenvalue weighted by Gasteiger charge is 2.21. The lowest BCUT2D eigenvalue weighted by Gasteiger charge is -2.22. The van der Waals surface area contributed by atoms with Crippen molar-refractivity contribution in [3.63, 3.8) is 0 Å². The lowest BCUT2D eigenvalue weighted by Crippen LogP contribution is -2.31. The van der Waals surface area contributed by atoms with Gasteiger partial charge in [0.25, 0.3) is 0 Å². The Morgan fingerprint density at radius 3 is 2.53 bits per heavy atom. The van der Waals surface area contributed by atoms with Gasteiger partial charge in [0.2, 0.25) is 10.0 Å². The Hall–Kier alpha value is -0.940. The van der Waals surface area contributed by atoms with Crippen molar-refractivity contribution in [2.24, 2.45) is 5.92 Å². The first-order valence-electron chi connectivity index (χ1n) is 5.25. The summed E-state index contributed by atoms with van der Waals surface area (Å²) in [5.41, 5.74) is 6.56. The molecule has 0 aromatic heterocycles. The molecule has 0 spiro atoms. The molecule has 6 heteroatoms. The van der Waals surface area contributed by atoms with Gasteiger partial charge >= 0.3 is 0 Å². The second-order valence-electron chi connectivity index (χ2n) is 4.34. The fraction of sp³-hybridized carbons (Fsp3) is 0.455. The van der Waals surface area contributed by atoms with E-state index in [0.29, 0.717) is 16.4 Å². The first kappa shape index (κ1) is 14.1. The molecule has 0 aliphatic heterocycles. The van der Waals surface area contributed by atoms with Crippen LogP contribution in [-0.4, -0.2) is 21.2 Å². The summed E-state index contributed by atoms with van der Waals surface area (Å²) >= 11 is 5.84. The molecule has 0 aliphatic carbocycles. The zero-order valence-electron chi connectivity index (χ0n) is 10.1. The van der Waals surface area contributed by atoms with Crippen LogP contribution < -0.4 is 10.0 Å². The molecule has 0 heterocycles. The van der Waals surface area contributed by atoms with Crippen molar-refractivity contribution in [1.82, 2.24) is 0 Å². The minimum atomic E-state index is -3.36. The van der Waals surface area contributed by atoms with Crippen molar-refractivity contribution < 1.29 is 8.42 Å². The first-order valence-corrected chi connectivity index (χ1v) is 7.24. The van der Waals surface area contributed by atoms with Crippen LogP contribution in [0.5, 0.6) is 0 Å². The van der Waals surface area contributed by atoms with Crippen LogP contribution in [0.15, 0.2) is 18.2 Å². The molecule has 17 heavy (non-hydrogen) atoms. The van der Waals surface area contributed by atoms with E-state index in [1.807, 2.05) is 13.8 Å². The molecule has 0 saturated heterocycles. The average molecular weight is 277 g/mol. The second-order valence-corrected chi connectivity index (χ2v) is 6.82. The van der Waals surface area contributed by atoms with Crippen molar-refractivity contribution >= 4 is 33.0 Å². The van der Waals surface area contributed by atoms with E-state index in [1.165, 1.54) is 11.4 Å². The van der Waals surface area contributed by atoms with Gasteiger partial charge in [-0.1, -0.05) is 25.4 Å². The summed E-state index contributed by atoms with van der Waals surface area (Å²) in [6.45, 7) is 3.71. The van der Waals surface area contributed by atoms with Gasteiger partial charge in [-0.15, -0.1) is 0 Å². The Bertz CT molecular complexity index is 500. The van der Waals surface area contributed by atoms with E-state index in [1.54, 1.807) is 18.2 Å². The molecule has 0 bridgehead atoms. The van der Waals surface area contributed by atoms with Crippen LogP contribution in [0.1, 0.15) is 13.8 Å². The predicted molar refractivity (Wildman–Crippen MR) is 72.9 cm³/mol. The van der Waals surface area contributed by atoms with Gasteiger partial charge in [-0.2, -0.15) is 0 Å². The number of nitrogens with zero attached hydrogens (tertiary/aromatic N) is 1. The van der Waals surface area contributed by atoms with Gasteiger partial charge in [0.15, 0.2) is 0 Å². The van der Waals surface area contributed by atoms with Gasteiger partial charge in [0.05, 0.1) is 17.1 Å². The Balaban J connectivity index is 3.12. The number of sulfonamides is 1. The number of nitrogens with two attached hydrogens (primary N) is 1. The first-order chi connectivity index (χ1) is 7.74. The molecule has 0 atom stereocenters. The third-order valence-corrected chi connectivity index (χ3v) is 4.65. The Kier molecular flexibility index (Phi) is 4.27.